The lowest BCUT2D eigenvalue weighted by atomic mass is 9.96. The molecule has 0 radical (unpaired) electrons. The summed E-state index contributed by atoms with van der Waals surface area (Å²) < 4.78 is 35.9. The first-order chi connectivity index (χ1) is 8.10. The Morgan fingerprint density at radius 1 is 1.28 bits per heavy atom. The number of halogens is 3. The fourth-order valence-corrected chi connectivity index (χ4v) is 1.47. The van der Waals surface area contributed by atoms with Gasteiger partial charge in [0.15, 0.2) is 0 Å². The van der Waals surface area contributed by atoms with Crippen molar-refractivity contribution >= 4 is 5.97 Å². The first kappa shape index (κ1) is 17.2. The minimum absolute atomic E-state index is 0.0627. The number of nitrogens with zero attached hydrogens (tertiary/aromatic N) is 1. The third-order valence-corrected chi connectivity index (χ3v) is 3.02. The topological polar surface area (TPSA) is 52.6 Å². The number of nitrogens with one attached hydrogen (secondary N) is 1. The summed E-state index contributed by atoms with van der Waals surface area (Å²) in [6.45, 7) is 1.94. The fraction of sp³-hybridized carbons (Fsp3) is 0.909. The Hall–Kier alpha value is -0.820. The van der Waals surface area contributed by atoms with Crippen LogP contribution in [-0.2, 0) is 4.79 Å². The maximum atomic E-state index is 12.0. The van der Waals surface area contributed by atoms with E-state index in [4.69, 9.17) is 5.11 Å². The van der Waals surface area contributed by atoms with Crippen LogP contribution in [-0.4, -0.2) is 54.9 Å². The van der Waals surface area contributed by atoms with E-state index in [1.807, 2.05) is 0 Å². The van der Waals surface area contributed by atoms with Crippen LogP contribution in [0.15, 0.2) is 0 Å². The third kappa shape index (κ3) is 6.80. The van der Waals surface area contributed by atoms with Gasteiger partial charge in [-0.2, -0.15) is 13.2 Å². The number of hydrogen-bond donors (Lipinski definition) is 2. The van der Waals surface area contributed by atoms with Gasteiger partial charge in [-0.05, 0) is 40.4 Å². The predicted octanol–water partition coefficient (Wildman–Crippen LogP) is 1.71. The summed E-state index contributed by atoms with van der Waals surface area (Å²) in [5.74, 6) is -0.956. The molecular weight excluding hydrogens is 249 g/mol. The van der Waals surface area contributed by atoms with E-state index in [9.17, 15) is 18.0 Å². The molecule has 0 aliphatic heterocycles. The van der Waals surface area contributed by atoms with Crippen LogP contribution < -0.4 is 5.32 Å². The van der Waals surface area contributed by atoms with E-state index in [1.165, 1.54) is 0 Å². The van der Waals surface area contributed by atoms with E-state index >= 15 is 0 Å². The van der Waals surface area contributed by atoms with Crippen molar-refractivity contribution in [3.63, 3.8) is 0 Å². The van der Waals surface area contributed by atoms with Gasteiger partial charge < -0.3 is 15.3 Å². The molecule has 0 aliphatic carbocycles. The highest BCUT2D eigenvalue weighted by atomic mass is 19.4. The molecule has 0 aromatic heterocycles. The number of rotatable bonds is 8. The lowest BCUT2D eigenvalue weighted by Crippen LogP contribution is -2.47. The highest BCUT2D eigenvalue weighted by Crippen LogP contribution is 2.19. The van der Waals surface area contributed by atoms with Crippen LogP contribution in [0.2, 0.25) is 0 Å². The molecule has 18 heavy (non-hydrogen) atoms. The Labute approximate surface area is 105 Å². The van der Waals surface area contributed by atoms with Gasteiger partial charge in [0.2, 0.25) is 0 Å². The minimum Gasteiger partial charge on any atom is -0.480 e. The highest BCUT2D eigenvalue weighted by molar-refractivity contribution is 5.78. The largest absolute Gasteiger partial charge is 0.480 e. The van der Waals surface area contributed by atoms with E-state index in [0.29, 0.717) is 19.4 Å². The van der Waals surface area contributed by atoms with Crippen LogP contribution in [0.25, 0.3) is 0 Å². The second-order valence-electron chi connectivity index (χ2n) is 4.66. The minimum atomic E-state index is -4.14. The number of alkyl halides is 3. The van der Waals surface area contributed by atoms with E-state index < -0.39 is 24.1 Å². The molecule has 0 fully saturated rings. The number of carboxylic acids is 1. The lowest BCUT2D eigenvalue weighted by Gasteiger charge is -2.25. The van der Waals surface area contributed by atoms with Gasteiger partial charge in [-0.1, -0.05) is 0 Å². The number of hydrogen-bond acceptors (Lipinski definition) is 3. The standard InChI is InChI=1S/C11H21F3N2O2/c1-10(15-2,9(17)18)5-4-7-16(3)8-6-11(12,13)14/h15H,4-8H2,1-3H3,(H,17,18). The predicted molar refractivity (Wildman–Crippen MR) is 62.5 cm³/mol. The molecule has 0 aromatic rings. The normalized spacial score (nSPS) is 15.7. The molecule has 108 valence electrons. The van der Waals surface area contributed by atoms with Crippen LogP contribution in [0.3, 0.4) is 0 Å². The first-order valence-electron chi connectivity index (χ1n) is 5.78. The molecule has 0 heterocycles. The summed E-state index contributed by atoms with van der Waals surface area (Å²) in [6, 6.07) is 0. The van der Waals surface area contributed by atoms with Gasteiger partial charge in [0.25, 0.3) is 0 Å². The molecule has 4 nitrogen and oxygen atoms in total. The van der Waals surface area contributed by atoms with Crippen molar-refractivity contribution in [2.24, 2.45) is 0 Å². The van der Waals surface area contributed by atoms with Gasteiger partial charge in [0.1, 0.15) is 5.54 Å². The molecule has 0 rings (SSSR count). The van der Waals surface area contributed by atoms with Gasteiger partial charge in [-0.3, -0.25) is 4.79 Å². The van der Waals surface area contributed by atoms with Crippen LogP contribution in [0.5, 0.6) is 0 Å². The zero-order valence-electron chi connectivity index (χ0n) is 11.0. The summed E-state index contributed by atoms with van der Waals surface area (Å²) in [7, 11) is 3.16. The first-order valence-corrected chi connectivity index (χ1v) is 5.78. The number of carbonyl (C=O) groups is 1. The molecule has 7 heteroatoms. The molecule has 1 atom stereocenters. The number of carboxylic acid groups (broad SMARTS) is 1. The molecule has 0 saturated carbocycles. The Bertz CT molecular complexity index is 272. The maximum Gasteiger partial charge on any atom is 0.390 e. The Balaban J connectivity index is 3.93. The average molecular weight is 270 g/mol. The molecular formula is C11H21F3N2O2. The smallest absolute Gasteiger partial charge is 0.390 e. The molecule has 0 amide bonds. The van der Waals surface area contributed by atoms with Crippen molar-refractivity contribution in [1.29, 1.82) is 0 Å². The Kier molecular flexibility index (Phi) is 6.62. The van der Waals surface area contributed by atoms with Crippen molar-refractivity contribution in [2.75, 3.05) is 27.2 Å². The molecule has 2 N–H and O–H groups in total. The molecule has 0 aromatic carbocycles. The number of aliphatic carboxylic acids is 1. The Morgan fingerprint density at radius 2 is 1.83 bits per heavy atom. The second-order valence-corrected chi connectivity index (χ2v) is 4.66. The molecule has 0 saturated heterocycles. The van der Waals surface area contributed by atoms with E-state index in [1.54, 1.807) is 25.9 Å². The van der Waals surface area contributed by atoms with Gasteiger partial charge in [-0.15, -0.1) is 0 Å². The zero-order chi connectivity index (χ0) is 14.4. The summed E-state index contributed by atoms with van der Waals surface area (Å²) >= 11 is 0. The van der Waals surface area contributed by atoms with Crippen molar-refractivity contribution in [3.05, 3.63) is 0 Å². The van der Waals surface area contributed by atoms with Crippen LogP contribution in [0.1, 0.15) is 26.2 Å². The van der Waals surface area contributed by atoms with Gasteiger partial charge >= 0.3 is 12.1 Å². The lowest BCUT2D eigenvalue weighted by molar-refractivity contribution is -0.144. The zero-order valence-corrected chi connectivity index (χ0v) is 11.0. The van der Waals surface area contributed by atoms with Gasteiger partial charge in [0.05, 0.1) is 6.42 Å². The molecule has 0 bridgehead atoms. The van der Waals surface area contributed by atoms with Crippen LogP contribution in [0.4, 0.5) is 13.2 Å². The van der Waals surface area contributed by atoms with Crippen molar-refractivity contribution in [1.82, 2.24) is 10.2 Å². The van der Waals surface area contributed by atoms with E-state index in [0.717, 1.165) is 0 Å². The molecule has 0 aliphatic rings. The monoisotopic (exact) mass is 270 g/mol. The quantitative estimate of drug-likeness (QED) is 0.705. The summed E-state index contributed by atoms with van der Waals surface area (Å²) in [6.07, 6.45) is -4.09. The molecule has 0 spiro atoms. The van der Waals surface area contributed by atoms with Crippen molar-refractivity contribution in [3.8, 4) is 0 Å². The van der Waals surface area contributed by atoms with E-state index in [-0.39, 0.29) is 6.54 Å². The molecule has 1 unspecified atom stereocenters. The summed E-state index contributed by atoms with van der Waals surface area (Å²) in [5, 5.41) is 11.7. The second kappa shape index (κ2) is 6.94. The SMILES string of the molecule is CNC(C)(CCCN(C)CCC(F)(F)F)C(=O)O. The average Bonchev–Trinajstić information content (AvgIpc) is 2.25. The summed E-state index contributed by atoms with van der Waals surface area (Å²) in [5.41, 5.74) is -1.02. The fourth-order valence-electron chi connectivity index (χ4n) is 1.47. The highest BCUT2D eigenvalue weighted by Gasteiger charge is 2.30. The van der Waals surface area contributed by atoms with E-state index in [2.05, 4.69) is 5.32 Å². The maximum absolute atomic E-state index is 12.0. The summed E-state index contributed by atoms with van der Waals surface area (Å²) in [4.78, 5) is 12.5. The van der Waals surface area contributed by atoms with Crippen molar-refractivity contribution in [2.45, 2.75) is 37.9 Å². The van der Waals surface area contributed by atoms with Crippen molar-refractivity contribution < 1.29 is 23.1 Å². The van der Waals surface area contributed by atoms with Crippen LogP contribution >= 0.6 is 0 Å². The van der Waals surface area contributed by atoms with Gasteiger partial charge in [0, 0.05) is 6.54 Å². The van der Waals surface area contributed by atoms with Crippen LogP contribution in [0, 0.1) is 0 Å². The van der Waals surface area contributed by atoms with Gasteiger partial charge in [-0.25, -0.2) is 0 Å². The number of likely N-dealkylation sites (N-methyl/N-ethyl adjacent to an activating group) is 1. The Morgan fingerprint density at radius 3 is 2.22 bits per heavy atom. The third-order valence-electron chi connectivity index (χ3n) is 3.02.